The number of nitrogens with zero attached hydrogens (tertiary/aromatic N) is 7. The quantitative estimate of drug-likeness (QED) is 0.0260. The van der Waals surface area contributed by atoms with Crippen molar-refractivity contribution in [2.75, 3.05) is 13.2 Å². The molecule has 0 amide bonds. The second-order valence-electron chi connectivity index (χ2n) is 31.3. The number of thioether (sulfide) groups is 3. The minimum absolute atomic E-state index is 0.186. The smallest absolute Gasteiger partial charge is 0.480 e. The van der Waals surface area contributed by atoms with Gasteiger partial charge in [-0.2, -0.15) is 21.0 Å². The molecule has 1 aliphatic heterocycles. The van der Waals surface area contributed by atoms with E-state index in [0.29, 0.717) is 55.6 Å². The Hall–Kier alpha value is -7.49. The number of halogens is 6. The number of hydrogen-bond donors (Lipinski definition) is 5. The van der Waals surface area contributed by atoms with Crippen molar-refractivity contribution in [3.8, 4) is 46.5 Å². The van der Waals surface area contributed by atoms with Crippen LogP contribution in [0.25, 0.3) is 54.6 Å². The van der Waals surface area contributed by atoms with Gasteiger partial charge in [-0.15, -0.1) is 35.3 Å². The Morgan fingerprint density at radius 2 is 0.767 bits per heavy atom. The van der Waals surface area contributed by atoms with Gasteiger partial charge in [0, 0.05) is 134 Å². The minimum Gasteiger partial charge on any atom is -0.480 e. The molecule has 0 aliphatic carbocycles. The number of nitriles is 4. The van der Waals surface area contributed by atoms with Crippen molar-refractivity contribution in [1.29, 1.82) is 21.0 Å². The summed E-state index contributed by atoms with van der Waals surface area (Å²) < 4.78 is 21.8. The number of ether oxygens (including phenoxy) is 2. The average molecular weight is 1930 g/mol. The van der Waals surface area contributed by atoms with Crippen LogP contribution in [0.1, 0.15) is 161 Å². The summed E-state index contributed by atoms with van der Waals surface area (Å²) in [7, 11) is 7.51. The van der Waals surface area contributed by atoms with Crippen molar-refractivity contribution in [1.82, 2.24) is 15.0 Å². The number of carbonyl (C=O) groups excluding carboxylic acids is 2. The van der Waals surface area contributed by atoms with E-state index in [-0.39, 0.29) is 11.9 Å². The molecule has 4 heterocycles. The molecule has 0 spiro atoms. The van der Waals surface area contributed by atoms with Crippen LogP contribution in [0.3, 0.4) is 0 Å². The molecule has 10 aromatic rings. The maximum Gasteiger partial charge on any atom is 0.496 e. The van der Waals surface area contributed by atoms with Crippen molar-refractivity contribution in [2.45, 2.75) is 201 Å². The highest BCUT2D eigenvalue weighted by Crippen LogP contribution is 2.43. The number of carbonyl (C=O) groups is 3. The van der Waals surface area contributed by atoms with Crippen molar-refractivity contribution >= 4 is 198 Å². The van der Waals surface area contributed by atoms with E-state index < -0.39 is 60.9 Å². The third kappa shape index (κ3) is 30.2. The van der Waals surface area contributed by atoms with Crippen molar-refractivity contribution in [2.24, 2.45) is 0 Å². The number of aliphatic hydroxyl groups is 4. The van der Waals surface area contributed by atoms with Crippen molar-refractivity contribution in [3.63, 3.8) is 0 Å². The van der Waals surface area contributed by atoms with E-state index in [4.69, 9.17) is 107 Å². The maximum absolute atomic E-state index is 12.2. The standard InChI is InChI=1S/C22H19ClN2O2S.C20H15ClN2O2S.C15H16INO2S.C13H15BClNO2.C7H3BrClN.2C6H14O2.B2/c1-4-27-21(26)22(2,3)28-16-7-6-15-12-25-13-19(18(15)10-16)17-8-5-14(11-24)9-20(17)23;1-20(2,19(24)25)26-14-5-4-13-10-23-11-17(16(13)8-14)15-6-3-12(9-22)7-18(15)21;1-4-19-14(18)15(2,3)20-11-6-5-10-8-17-9-13(16)12(10)7-11;1-12(2)13(3,4)18-14(17-12)10-6-5-9(8-16)7-11(10)15;8-6-2-1-5(4-10)3-7(6)9;2*1-5(2,7)6(3,4)8;1-2/h5-10,12-13H,4H2,1-3H3;3-8,10-11H,1-2H3,(H,24,25);5-9H,4H2,1-3H3;5-7H,1-4H3;1-3H;2*7-8H,1-4H3;. The summed E-state index contributed by atoms with van der Waals surface area (Å²) in [6.45, 7) is 35.8. The molecule has 0 atom stereocenters. The number of carboxylic acids is 1. The number of benzene rings is 7. The normalized spacial score (nSPS) is 12.8. The molecule has 1 saturated heterocycles. The highest BCUT2D eigenvalue weighted by Gasteiger charge is 2.52. The zero-order valence-corrected chi connectivity index (χ0v) is 79.7. The van der Waals surface area contributed by atoms with Gasteiger partial charge in [0.25, 0.3) is 0 Å². The van der Waals surface area contributed by atoms with Gasteiger partial charge >= 0.3 is 25.0 Å². The fourth-order valence-electron chi connectivity index (χ4n) is 9.56. The summed E-state index contributed by atoms with van der Waals surface area (Å²) >= 11 is 34.4. The molecule has 1 aliphatic rings. The van der Waals surface area contributed by atoms with E-state index in [9.17, 15) is 19.5 Å². The van der Waals surface area contributed by atoms with Gasteiger partial charge in [0.1, 0.15) is 14.2 Å². The number of aromatic nitrogens is 3. The molecule has 0 unspecified atom stereocenters. The third-order valence-electron chi connectivity index (χ3n) is 18.8. The Kier molecular flexibility index (Phi) is 39.5. The van der Waals surface area contributed by atoms with Crippen LogP contribution < -0.4 is 5.46 Å². The van der Waals surface area contributed by atoms with Crippen LogP contribution in [0.4, 0.5) is 0 Å². The monoisotopic (exact) mass is 1930 g/mol. The fourth-order valence-corrected chi connectivity index (χ4v) is 14.5. The fraction of sp³-hybridized carbons (Fsp3) is 0.348. The largest absolute Gasteiger partial charge is 0.496 e. The summed E-state index contributed by atoms with van der Waals surface area (Å²) in [6, 6.07) is 46.7. The van der Waals surface area contributed by atoms with E-state index >= 15 is 0 Å². The topological polar surface area (TPSA) is 323 Å². The van der Waals surface area contributed by atoms with Crippen LogP contribution in [-0.4, -0.2) is 142 Å². The number of rotatable bonds is 16. The van der Waals surface area contributed by atoms with Crippen LogP contribution in [0.2, 0.25) is 20.1 Å². The lowest BCUT2D eigenvalue weighted by Gasteiger charge is -2.32. The lowest BCUT2D eigenvalue weighted by atomic mass is 9.79. The Balaban J connectivity index is 0.000000306. The van der Waals surface area contributed by atoms with E-state index in [0.717, 1.165) is 82.8 Å². The molecule has 19 nitrogen and oxygen atoms in total. The maximum atomic E-state index is 12.2. The zero-order chi connectivity index (χ0) is 91.1. The number of fused-ring (bicyclic) bond motifs is 3. The highest BCUT2D eigenvalue weighted by molar-refractivity contribution is 14.1. The van der Waals surface area contributed by atoms with Gasteiger partial charge in [0.05, 0.1) is 98.4 Å². The molecule has 5 N–H and O–H groups in total. The van der Waals surface area contributed by atoms with Gasteiger partial charge in [0.15, 0.2) is 0 Å². The molecule has 7 aromatic carbocycles. The molecule has 3 aromatic heterocycles. The molecule has 1 fully saturated rings. The first-order chi connectivity index (χ1) is 55.6. The van der Waals surface area contributed by atoms with Gasteiger partial charge in [-0.3, -0.25) is 29.3 Å². The van der Waals surface area contributed by atoms with E-state index in [1.165, 1.54) is 35.3 Å². The van der Waals surface area contributed by atoms with Crippen molar-refractivity contribution in [3.05, 3.63) is 215 Å². The number of aliphatic carboxylic acids is 1. The number of pyridine rings is 3. The second kappa shape index (κ2) is 45.2. The summed E-state index contributed by atoms with van der Waals surface area (Å²) in [5.74, 6) is -1.30. The number of esters is 2. The first-order valence-corrected chi connectivity index (χ1v) is 42.9. The minimum atomic E-state index is -1.01. The first-order valence-electron chi connectivity index (χ1n) is 37.1. The molecule has 628 valence electrons. The lowest BCUT2D eigenvalue weighted by molar-refractivity contribution is -0.145. The molecular weight excluding hydrogens is 1840 g/mol. The average Bonchev–Trinajstić information content (AvgIpc) is 1.55. The third-order valence-corrected chi connectivity index (χ3v) is 25.3. The Labute approximate surface area is 762 Å². The van der Waals surface area contributed by atoms with Crippen LogP contribution in [-0.2, 0) is 33.2 Å². The molecule has 0 bridgehead atoms. The van der Waals surface area contributed by atoms with Crippen molar-refractivity contribution < 1.29 is 58.7 Å². The molecular formula is C89H96B3BrCl4IN7O12S3. The summed E-state index contributed by atoms with van der Waals surface area (Å²) in [6.07, 6.45) is 10.7. The number of carboxylic acid groups (broad SMARTS) is 1. The number of hydrogen-bond acceptors (Lipinski definition) is 21. The zero-order valence-electron chi connectivity index (χ0n) is 70.5. The van der Waals surface area contributed by atoms with E-state index in [1.54, 1.807) is 168 Å². The van der Waals surface area contributed by atoms with E-state index in [1.807, 2.05) is 135 Å². The Bertz CT molecular complexity index is 5380. The SMILES string of the molecule is CC(C)(O)C(C)(C)O.CC(C)(O)C(C)(C)O.CC(C)(Sc1ccc2cncc(-c3ccc(C#N)cc3Cl)c2c1)C(=O)O.CC1(C)OB(c2ccc(C#N)cc2Cl)OC1(C)C.CCOC(=O)C(C)(C)Sc1ccc2cncc(-c3ccc(C#N)cc3Cl)c2c1.CCOC(=O)C(C)(C)Sc1ccc2cncc(I)c2c1.N#Cc1ccc(Br)c(Cl)c1.[B][B]. The predicted molar refractivity (Wildman–Crippen MR) is 501 cm³/mol. The van der Waals surface area contributed by atoms with Crippen LogP contribution in [0.5, 0.6) is 0 Å². The second-order valence-corrected chi connectivity index (χ2v) is 40.0. The van der Waals surface area contributed by atoms with Gasteiger partial charge in [0.2, 0.25) is 0 Å². The van der Waals surface area contributed by atoms with E-state index in [2.05, 4.69) is 93.2 Å². The predicted octanol–water partition coefficient (Wildman–Crippen LogP) is 21.3. The first kappa shape index (κ1) is 105. The van der Waals surface area contributed by atoms with Gasteiger partial charge in [-0.1, -0.05) is 82.8 Å². The Morgan fingerprint density at radius 1 is 0.458 bits per heavy atom. The molecule has 120 heavy (non-hydrogen) atoms. The molecule has 11 rings (SSSR count). The summed E-state index contributed by atoms with van der Waals surface area (Å²) in [5, 5.41) is 89.2. The van der Waals surface area contributed by atoms with Crippen LogP contribution >= 0.6 is 120 Å². The molecule has 4 radical (unpaired) electrons. The van der Waals surface area contributed by atoms with Gasteiger partial charge < -0.3 is 44.3 Å². The van der Waals surface area contributed by atoms with Crippen LogP contribution in [0.15, 0.2) is 184 Å². The van der Waals surface area contributed by atoms with Gasteiger partial charge in [-0.25, -0.2) is 0 Å². The summed E-state index contributed by atoms with van der Waals surface area (Å²) in [4.78, 5) is 51.2. The van der Waals surface area contributed by atoms with Gasteiger partial charge in [-0.05, 0) is 284 Å². The molecule has 0 saturated carbocycles. The molecule has 31 heteroatoms. The van der Waals surface area contributed by atoms with Crippen LogP contribution in [0, 0.1) is 48.9 Å². The summed E-state index contributed by atoms with van der Waals surface area (Å²) in [5.41, 5.74) is 1.36. The lowest BCUT2D eigenvalue weighted by Crippen LogP contribution is -2.44. The highest BCUT2D eigenvalue weighted by atomic mass is 127. The Morgan fingerprint density at radius 3 is 1.08 bits per heavy atom.